The summed E-state index contributed by atoms with van der Waals surface area (Å²) in [7, 11) is 1.64. The number of ether oxygens (including phenoxy) is 1. The molecule has 1 atom stereocenters. The molecule has 2 rings (SSSR count). The molecule has 0 bridgehead atoms. The molecular formula is C15H16BrClO2. The smallest absolute Gasteiger partial charge is 0.133 e. The van der Waals surface area contributed by atoms with Crippen molar-refractivity contribution in [3.05, 3.63) is 50.9 Å². The second-order valence-corrected chi connectivity index (χ2v) is 5.80. The number of alkyl halides is 1. The van der Waals surface area contributed by atoms with Crippen molar-refractivity contribution in [2.75, 3.05) is 7.11 Å². The van der Waals surface area contributed by atoms with Crippen LogP contribution < -0.4 is 4.74 Å². The van der Waals surface area contributed by atoms with Crippen LogP contribution in [0.1, 0.15) is 33.6 Å². The first-order valence-corrected chi connectivity index (χ1v) is 7.22. The zero-order valence-electron chi connectivity index (χ0n) is 11.4. The number of aryl methyl sites for hydroxylation is 2. The summed E-state index contributed by atoms with van der Waals surface area (Å²) in [5.41, 5.74) is 3.18. The fraction of sp³-hybridized carbons (Fsp3) is 0.333. The van der Waals surface area contributed by atoms with Crippen LogP contribution in [0.25, 0.3) is 0 Å². The highest BCUT2D eigenvalue weighted by Crippen LogP contribution is 2.38. The maximum absolute atomic E-state index is 6.60. The fourth-order valence-electron chi connectivity index (χ4n) is 2.19. The molecule has 0 fully saturated rings. The molecule has 2 aromatic rings. The van der Waals surface area contributed by atoms with Gasteiger partial charge in [0.2, 0.25) is 0 Å². The molecular weight excluding hydrogens is 328 g/mol. The standard InChI is InChI=1S/C15H16BrClO2/c1-8-9(2)19-10(3)14(8)15(17)11-5-6-13(18-4)12(16)7-11/h5-7,15H,1-4H3. The first-order chi connectivity index (χ1) is 8.95. The Morgan fingerprint density at radius 2 is 1.89 bits per heavy atom. The van der Waals surface area contributed by atoms with Gasteiger partial charge in [0, 0.05) is 5.56 Å². The Kier molecular flexibility index (Phi) is 4.26. The Morgan fingerprint density at radius 3 is 2.37 bits per heavy atom. The maximum Gasteiger partial charge on any atom is 0.133 e. The van der Waals surface area contributed by atoms with E-state index in [4.69, 9.17) is 20.8 Å². The normalized spacial score (nSPS) is 12.5. The summed E-state index contributed by atoms with van der Waals surface area (Å²) in [5.74, 6) is 2.59. The molecule has 0 spiro atoms. The van der Waals surface area contributed by atoms with Gasteiger partial charge >= 0.3 is 0 Å². The summed E-state index contributed by atoms with van der Waals surface area (Å²) in [6, 6.07) is 5.87. The molecule has 0 aliphatic carbocycles. The van der Waals surface area contributed by atoms with Crippen LogP contribution in [0.4, 0.5) is 0 Å². The molecule has 1 aromatic heterocycles. The number of hydrogen-bond acceptors (Lipinski definition) is 2. The van der Waals surface area contributed by atoms with Crippen LogP contribution in [0.5, 0.6) is 5.75 Å². The first-order valence-electron chi connectivity index (χ1n) is 5.99. The minimum Gasteiger partial charge on any atom is -0.496 e. The zero-order valence-corrected chi connectivity index (χ0v) is 13.7. The number of furan rings is 1. The maximum atomic E-state index is 6.60. The van der Waals surface area contributed by atoms with Crippen molar-refractivity contribution in [3.8, 4) is 5.75 Å². The van der Waals surface area contributed by atoms with E-state index in [-0.39, 0.29) is 5.38 Å². The van der Waals surface area contributed by atoms with Crippen molar-refractivity contribution in [2.45, 2.75) is 26.1 Å². The highest BCUT2D eigenvalue weighted by molar-refractivity contribution is 9.10. The Bertz CT molecular complexity index is 604. The van der Waals surface area contributed by atoms with Gasteiger partial charge in [0.1, 0.15) is 17.3 Å². The molecule has 1 unspecified atom stereocenters. The average Bonchev–Trinajstić information content (AvgIpc) is 2.62. The van der Waals surface area contributed by atoms with Gasteiger partial charge in [-0.15, -0.1) is 11.6 Å². The lowest BCUT2D eigenvalue weighted by Gasteiger charge is -2.12. The molecule has 102 valence electrons. The van der Waals surface area contributed by atoms with Crippen LogP contribution >= 0.6 is 27.5 Å². The van der Waals surface area contributed by atoms with E-state index in [0.717, 1.165) is 38.4 Å². The van der Waals surface area contributed by atoms with Gasteiger partial charge < -0.3 is 9.15 Å². The Hall–Kier alpha value is -0.930. The second kappa shape index (κ2) is 5.59. The largest absolute Gasteiger partial charge is 0.496 e. The third-order valence-electron chi connectivity index (χ3n) is 3.34. The van der Waals surface area contributed by atoms with Crippen molar-refractivity contribution < 1.29 is 9.15 Å². The number of methoxy groups -OCH3 is 1. The summed E-state index contributed by atoms with van der Waals surface area (Å²) in [5, 5.41) is -0.223. The van der Waals surface area contributed by atoms with E-state index >= 15 is 0 Å². The Labute approximate surface area is 126 Å². The summed E-state index contributed by atoms with van der Waals surface area (Å²) >= 11 is 10.1. The lowest BCUT2D eigenvalue weighted by atomic mass is 10.0. The second-order valence-electron chi connectivity index (χ2n) is 4.51. The Morgan fingerprint density at radius 1 is 1.21 bits per heavy atom. The van der Waals surface area contributed by atoms with Gasteiger partial charge in [0.05, 0.1) is 17.0 Å². The van der Waals surface area contributed by atoms with Crippen LogP contribution in [-0.2, 0) is 0 Å². The van der Waals surface area contributed by atoms with E-state index in [1.54, 1.807) is 7.11 Å². The minimum atomic E-state index is -0.223. The van der Waals surface area contributed by atoms with Crippen molar-refractivity contribution in [3.63, 3.8) is 0 Å². The van der Waals surface area contributed by atoms with Crippen LogP contribution in [0.3, 0.4) is 0 Å². The lowest BCUT2D eigenvalue weighted by molar-refractivity contribution is 0.412. The van der Waals surface area contributed by atoms with Crippen molar-refractivity contribution in [2.24, 2.45) is 0 Å². The van der Waals surface area contributed by atoms with Gasteiger partial charge in [-0.1, -0.05) is 6.07 Å². The SMILES string of the molecule is COc1ccc(C(Cl)c2c(C)oc(C)c2C)cc1Br. The highest BCUT2D eigenvalue weighted by Gasteiger charge is 2.21. The zero-order chi connectivity index (χ0) is 14.2. The van der Waals surface area contributed by atoms with Crippen LogP contribution in [0, 0.1) is 20.8 Å². The van der Waals surface area contributed by atoms with Gasteiger partial charge in [-0.25, -0.2) is 0 Å². The van der Waals surface area contributed by atoms with Crippen LogP contribution in [-0.4, -0.2) is 7.11 Å². The van der Waals surface area contributed by atoms with Gasteiger partial charge in [0.15, 0.2) is 0 Å². The summed E-state index contributed by atoms with van der Waals surface area (Å²) < 4.78 is 11.8. The van der Waals surface area contributed by atoms with Gasteiger partial charge in [-0.2, -0.15) is 0 Å². The molecule has 0 aliphatic heterocycles. The number of halogens is 2. The predicted octanol–water partition coefficient (Wildman–Crippen LogP) is 5.30. The molecule has 0 radical (unpaired) electrons. The van der Waals surface area contributed by atoms with E-state index in [0.29, 0.717) is 0 Å². The van der Waals surface area contributed by atoms with E-state index < -0.39 is 0 Å². The third-order valence-corrected chi connectivity index (χ3v) is 4.43. The summed E-state index contributed by atoms with van der Waals surface area (Å²) in [4.78, 5) is 0. The summed E-state index contributed by atoms with van der Waals surface area (Å²) in [6.07, 6.45) is 0. The Balaban J connectivity index is 2.44. The lowest BCUT2D eigenvalue weighted by Crippen LogP contribution is -1.97. The van der Waals surface area contributed by atoms with Crippen molar-refractivity contribution in [1.82, 2.24) is 0 Å². The van der Waals surface area contributed by atoms with E-state index in [2.05, 4.69) is 15.9 Å². The number of rotatable bonds is 3. The fourth-order valence-corrected chi connectivity index (χ4v) is 3.20. The van der Waals surface area contributed by atoms with Gasteiger partial charge in [-0.3, -0.25) is 0 Å². The molecule has 1 heterocycles. The summed E-state index contributed by atoms with van der Waals surface area (Å²) in [6.45, 7) is 5.94. The molecule has 19 heavy (non-hydrogen) atoms. The topological polar surface area (TPSA) is 22.4 Å². The molecule has 0 saturated heterocycles. The van der Waals surface area contributed by atoms with Crippen molar-refractivity contribution >= 4 is 27.5 Å². The van der Waals surface area contributed by atoms with Crippen LogP contribution in [0.2, 0.25) is 0 Å². The quantitative estimate of drug-likeness (QED) is 0.705. The minimum absolute atomic E-state index is 0.223. The molecule has 1 aromatic carbocycles. The molecule has 0 saturated carbocycles. The number of hydrogen-bond donors (Lipinski definition) is 0. The molecule has 4 heteroatoms. The van der Waals surface area contributed by atoms with E-state index in [1.807, 2.05) is 39.0 Å². The van der Waals surface area contributed by atoms with Crippen molar-refractivity contribution in [1.29, 1.82) is 0 Å². The van der Waals surface area contributed by atoms with Gasteiger partial charge in [0.25, 0.3) is 0 Å². The van der Waals surface area contributed by atoms with Gasteiger partial charge in [-0.05, 0) is 60.0 Å². The molecule has 0 aliphatic rings. The highest BCUT2D eigenvalue weighted by atomic mass is 79.9. The number of benzene rings is 1. The monoisotopic (exact) mass is 342 g/mol. The molecule has 0 amide bonds. The third kappa shape index (κ3) is 2.67. The molecule has 2 nitrogen and oxygen atoms in total. The average molecular weight is 344 g/mol. The first kappa shape index (κ1) is 14.5. The van der Waals surface area contributed by atoms with E-state index in [1.165, 1.54) is 0 Å². The molecule has 0 N–H and O–H groups in total. The predicted molar refractivity (Wildman–Crippen MR) is 81.3 cm³/mol. The van der Waals surface area contributed by atoms with Crippen LogP contribution in [0.15, 0.2) is 27.1 Å². The van der Waals surface area contributed by atoms with E-state index in [9.17, 15) is 0 Å².